The Morgan fingerprint density at radius 1 is 1.06 bits per heavy atom. The van der Waals surface area contributed by atoms with Crippen LogP contribution in [-0.4, -0.2) is 11.9 Å². The molecule has 0 aliphatic carbocycles. The van der Waals surface area contributed by atoms with Gasteiger partial charge in [-0.3, -0.25) is 4.79 Å². The first-order valence-electron chi connectivity index (χ1n) is 5.77. The molecule has 88 valence electrons. The highest BCUT2D eigenvalue weighted by Gasteiger charge is 2.03. The lowest BCUT2D eigenvalue weighted by molar-refractivity contribution is 0.101. The minimum Gasteiger partial charge on any atom is -0.491 e. The van der Waals surface area contributed by atoms with Crippen LogP contribution in [0.15, 0.2) is 36.4 Å². The van der Waals surface area contributed by atoms with Crippen LogP contribution in [0.5, 0.6) is 5.75 Å². The number of benzene rings is 2. The van der Waals surface area contributed by atoms with Gasteiger partial charge in [0.1, 0.15) is 5.75 Å². The number of rotatable bonds is 3. The molecule has 0 aromatic heterocycles. The first-order chi connectivity index (χ1) is 8.06. The van der Waals surface area contributed by atoms with Crippen LogP contribution in [0.25, 0.3) is 10.8 Å². The Bertz CT molecular complexity index is 556. The Morgan fingerprint density at radius 3 is 2.41 bits per heavy atom. The molecule has 0 unspecified atom stereocenters. The van der Waals surface area contributed by atoms with Gasteiger partial charge in [-0.1, -0.05) is 18.2 Å². The number of hydrogen-bond acceptors (Lipinski definition) is 2. The molecule has 0 saturated carbocycles. The number of carbonyl (C=O) groups is 1. The van der Waals surface area contributed by atoms with E-state index in [1.165, 1.54) is 0 Å². The summed E-state index contributed by atoms with van der Waals surface area (Å²) in [7, 11) is 0. The van der Waals surface area contributed by atoms with Gasteiger partial charge in [-0.05, 0) is 49.7 Å². The molecule has 0 atom stereocenters. The molecule has 0 bridgehead atoms. The van der Waals surface area contributed by atoms with E-state index in [-0.39, 0.29) is 11.9 Å². The van der Waals surface area contributed by atoms with Crippen LogP contribution >= 0.6 is 0 Å². The summed E-state index contributed by atoms with van der Waals surface area (Å²) in [6.45, 7) is 5.57. The minimum absolute atomic E-state index is 0.0853. The summed E-state index contributed by atoms with van der Waals surface area (Å²) in [4.78, 5) is 11.3. The molecule has 2 rings (SSSR count). The van der Waals surface area contributed by atoms with Crippen molar-refractivity contribution in [3.05, 3.63) is 42.0 Å². The fraction of sp³-hybridized carbons (Fsp3) is 0.267. The smallest absolute Gasteiger partial charge is 0.159 e. The Balaban J connectivity index is 2.47. The summed E-state index contributed by atoms with van der Waals surface area (Å²) in [6.07, 6.45) is 0.156. The normalized spacial score (nSPS) is 10.8. The number of ether oxygens (including phenoxy) is 1. The van der Waals surface area contributed by atoms with E-state index in [0.717, 1.165) is 22.1 Å². The summed E-state index contributed by atoms with van der Waals surface area (Å²) in [5, 5.41) is 2.15. The van der Waals surface area contributed by atoms with Gasteiger partial charge in [-0.2, -0.15) is 0 Å². The molecule has 0 amide bonds. The zero-order valence-electron chi connectivity index (χ0n) is 10.4. The minimum atomic E-state index is 0.0853. The van der Waals surface area contributed by atoms with E-state index in [1.54, 1.807) is 6.92 Å². The van der Waals surface area contributed by atoms with Gasteiger partial charge in [0.05, 0.1) is 6.10 Å². The van der Waals surface area contributed by atoms with E-state index in [9.17, 15) is 4.79 Å². The van der Waals surface area contributed by atoms with Gasteiger partial charge in [0, 0.05) is 5.56 Å². The second-order valence-electron chi connectivity index (χ2n) is 4.45. The number of hydrogen-bond donors (Lipinski definition) is 0. The van der Waals surface area contributed by atoms with Crippen LogP contribution in [0.4, 0.5) is 0 Å². The third kappa shape index (κ3) is 2.64. The van der Waals surface area contributed by atoms with E-state index >= 15 is 0 Å². The third-order valence-electron chi connectivity index (χ3n) is 2.59. The highest BCUT2D eigenvalue weighted by molar-refractivity contribution is 5.98. The van der Waals surface area contributed by atoms with E-state index in [0.29, 0.717) is 0 Å². The van der Waals surface area contributed by atoms with E-state index in [2.05, 4.69) is 0 Å². The highest BCUT2D eigenvalue weighted by Crippen LogP contribution is 2.23. The molecule has 0 N–H and O–H groups in total. The van der Waals surface area contributed by atoms with Crippen LogP contribution in [0, 0.1) is 0 Å². The summed E-state index contributed by atoms with van der Waals surface area (Å²) in [5.41, 5.74) is 0.735. The fourth-order valence-corrected chi connectivity index (χ4v) is 1.79. The lowest BCUT2D eigenvalue weighted by Crippen LogP contribution is -2.05. The quantitative estimate of drug-likeness (QED) is 0.746. The Labute approximate surface area is 101 Å². The van der Waals surface area contributed by atoms with E-state index in [1.807, 2.05) is 50.2 Å². The van der Waals surface area contributed by atoms with Gasteiger partial charge in [-0.25, -0.2) is 0 Å². The number of carbonyl (C=O) groups excluding carboxylic acids is 1. The second kappa shape index (κ2) is 4.58. The van der Waals surface area contributed by atoms with Crippen molar-refractivity contribution < 1.29 is 9.53 Å². The Kier molecular flexibility index (Phi) is 3.14. The third-order valence-corrected chi connectivity index (χ3v) is 2.59. The second-order valence-corrected chi connectivity index (χ2v) is 4.45. The SMILES string of the molecule is CC(=O)c1ccc2ccc(OC(C)C)cc2c1. The van der Waals surface area contributed by atoms with Crippen molar-refractivity contribution in [1.29, 1.82) is 0 Å². The van der Waals surface area contributed by atoms with Crippen LogP contribution < -0.4 is 4.74 Å². The first kappa shape index (κ1) is 11.6. The van der Waals surface area contributed by atoms with Crippen molar-refractivity contribution in [2.75, 3.05) is 0 Å². The van der Waals surface area contributed by atoms with Gasteiger partial charge < -0.3 is 4.74 Å². The molecule has 2 aromatic rings. The van der Waals surface area contributed by atoms with Gasteiger partial charge in [0.2, 0.25) is 0 Å². The maximum absolute atomic E-state index is 11.3. The van der Waals surface area contributed by atoms with E-state index < -0.39 is 0 Å². The fourth-order valence-electron chi connectivity index (χ4n) is 1.79. The summed E-state index contributed by atoms with van der Waals surface area (Å²) in [5.74, 6) is 0.926. The molecule has 0 aliphatic heterocycles. The highest BCUT2D eigenvalue weighted by atomic mass is 16.5. The lowest BCUT2D eigenvalue weighted by Gasteiger charge is -2.10. The molecular formula is C15H16O2. The van der Waals surface area contributed by atoms with Crippen molar-refractivity contribution in [3.63, 3.8) is 0 Å². The maximum Gasteiger partial charge on any atom is 0.159 e. The molecule has 2 nitrogen and oxygen atoms in total. The average molecular weight is 228 g/mol. The Hall–Kier alpha value is -1.83. The zero-order chi connectivity index (χ0) is 12.4. The molecule has 0 saturated heterocycles. The topological polar surface area (TPSA) is 26.3 Å². The molecular weight excluding hydrogens is 212 g/mol. The van der Waals surface area contributed by atoms with Gasteiger partial charge >= 0.3 is 0 Å². The average Bonchev–Trinajstić information content (AvgIpc) is 2.27. The molecule has 0 spiro atoms. The van der Waals surface area contributed by atoms with Crippen molar-refractivity contribution in [2.45, 2.75) is 26.9 Å². The Morgan fingerprint density at radius 2 is 1.76 bits per heavy atom. The number of ketones is 1. The summed E-state index contributed by atoms with van der Waals surface area (Å²) < 4.78 is 5.64. The molecule has 0 heterocycles. The largest absolute Gasteiger partial charge is 0.491 e. The first-order valence-corrected chi connectivity index (χ1v) is 5.77. The molecule has 0 fully saturated rings. The van der Waals surface area contributed by atoms with Crippen molar-refractivity contribution in [2.24, 2.45) is 0 Å². The standard InChI is InChI=1S/C15H16O2/c1-10(2)17-15-7-6-12-4-5-13(11(3)16)8-14(12)9-15/h4-10H,1-3H3. The predicted octanol–water partition coefficient (Wildman–Crippen LogP) is 3.83. The lowest BCUT2D eigenvalue weighted by atomic mass is 10.0. The maximum atomic E-state index is 11.3. The van der Waals surface area contributed by atoms with E-state index in [4.69, 9.17) is 4.74 Å². The van der Waals surface area contributed by atoms with Gasteiger partial charge in [-0.15, -0.1) is 0 Å². The van der Waals surface area contributed by atoms with Crippen molar-refractivity contribution in [1.82, 2.24) is 0 Å². The molecule has 2 heteroatoms. The molecule has 0 radical (unpaired) electrons. The molecule has 2 aromatic carbocycles. The number of fused-ring (bicyclic) bond motifs is 1. The van der Waals surface area contributed by atoms with Gasteiger partial charge in [0.25, 0.3) is 0 Å². The van der Waals surface area contributed by atoms with Crippen LogP contribution in [-0.2, 0) is 0 Å². The number of Topliss-reactive ketones (excluding diaryl/α,β-unsaturated/α-hetero) is 1. The van der Waals surface area contributed by atoms with Crippen molar-refractivity contribution in [3.8, 4) is 5.75 Å². The summed E-state index contributed by atoms with van der Waals surface area (Å²) in [6, 6.07) is 11.7. The zero-order valence-corrected chi connectivity index (χ0v) is 10.4. The molecule has 0 aliphatic rings. The predicted molar refractivity (Wildman–Crippen MR) is 69.7 cm³/mol. The van der Waals surface area contributed by atoms with Crippen LogP contribution in [0.2, 0.25) is 0 Å². The van der Waals surface area contributed by atoms with Crippen LogP contribution in [0.1, 0.15) is 31.1 Å². The summed E-state index contributed by atoms with van der Waals surface area (Å²) >= 11 is 0. The van der Waals surface area contributed by atoms with Crippen LogP contribution in [0.3, 0.4) is 0 Å². The molecule has 17 heavy (non-hydrogen) atoms. The van der Waals surface area contributed by atoms with Crippen molar-refractivity contribution >= 4 is 16.6 Å². The van der Waals surface area contributed by atoms with Gasteiger partial charge in [0.15, 0.2) is 5.78 Å². The monoisotopic (exact) mass is 228 g/mol.